The van der Waals surface area contributed by atoms with Gasteiger partial charge in [0, 0.05) is 73.2 Å². The van der Waals surface area contributed by atoms with Crippen molar-refractivity contribution in [1.82, 2.24) is 19.8 Å². The molecule has 3 heterocycles. The van der Waals surface area contributed by atoms with Crippen LogP contribution in [0.3, 0.4) is 0 Å². The molecule has 232 valence electrons. The molecule has 0 radical (unpaired) electrons. The standard InChI is InChI=1S/C29H52N8O4/c1-5-41-23-19-36(17-21-39-3)28(30)31-26-25(24(2)34-12-8-6-9-13-34)32-29(37(16-20-38)18-22-40-4)33-27(26)35-14-10-7-11-15-35/h38H,2,5-23H2,1,3-4H3,(H2,30,31). The minimum atomic E-state index is -0.0182. The average molecular weight is 577 g/mol. The fourth-order valence-corrected chi connectivity index (χ4v) is 5.20. The van der Waals surface area contributed by atoms with Crippen LogP contribution < -0.4 is 15.5 Å². The number of hydrogen-bond donors (Lipinski definition) is 2. The van der Waals surface area contributed by atoms with E-state index in [2.05, 4.69) is 16.4 Å². The number of nitrogens with two attached hydrogens (primary N) is 1. The van der Waals surface area contributed by atoms with Gasteiger partial charge in [0.15, 0.2) is 11.8 Å². The van der Waals surface area contributed by atoms with Gasteiger partial charge >= 0.3 is 0 Å². The molecule has 1 aromatic heterocycles. The summed E-state index contributed by atoms with van der Waals surface area (Å²) in [6, 6.07) is 0. The first-order valence-corrected chi connectivity index (χ1v) is 15.2. The maximum atomic E-state index is 9.85. The van der Waals surface area contributed by atoms with Crippen LogP contribution in [-0.2, 0) is 14.2 Å². The highest BCUT2D eigenvalue weighted by atomic mass is 16.5. The number of aliphatic imine (C=N–C) groups is 1. The zero-order valence-corrected chi connectivity index (χ0v) is 25.5. The van der Waals surface area contributed by atoms with Crippen molar-refractivity contribution < 1.29 is 19.3 Å². The van der Waals surface area contributed by atoms with Crippen LogP contribution in [0.2, 0.25) is 0 Å². The molecule has 12 nitrogen and oxygen atoms in total. The van der Waals surface area contributed by atoms with E-state index in [0.29, 0.717) is 75.9 Å². The highest BCUT2D eigenvalue weighted by Crippen LogP contribution is 2.38. The normalized spacial score (nSPS) is 16.2. The summed E-state index contributed by atoms with van der Waals surface area (Å²) >= 11 is 0. The van der Waals surface area contributed by atoms with Crippen molar-refractivity contribution in [2.45, 2.75) is 45.4 Å². The molecule has 0 aliphatic carbocycles. The number of aliphatic hydroxyl groups excluding tert-OH is 1. The van der Waals surface area contributed by atoms with Crippen molar-refractivity contribution in [3.05, 3.63) is 12.3 Å². The van der Waals surface area contributed by atoms with E-state index in [0.717, 1.165) is 63.4 Å². The molecular weight excluding hydrogens is 524 g/mol. The number of ether oxygens (including phenoxy) is 3. The second kappa shape index (κ2) is 18.0. The minimum Gasteiger partial charge on any atom is -0.395 e. The zero-order chi connectivity index (χ0) is 29.5. The van der Waals surface area contributed by atoms with E-state index in [-0.39, 0.29) is 6.61 Å². The highest BCUT2D eigenvalue weighted by molar-refractivity contribution is 5.87. The SMILES string of the molecule is C=C(c1nc(N(CCO)CCOC)nc(N2CCCCC2)c1/N=C(\N)N(CCOC)CCOCC)N1CCCCC1. The first kappa shape index (κ1) is 32.8. The lowest BCUT2D eigenvalue weighted by Crippen LogP contribution is -2.41. The van der Waals surface area contributed by atoms with Gasteiger partial charge in [-0.2, -0.15) is 4.98 Å². The van der Waals surface area contributed by atoms with Crippen molar-refractivity contribution in [3.63, 3.8) is 0 Å². The third kappa shape index (κ3) is 9.69. The van der Waals surface area contributed by atoms with Crippen LogP contribution in [0.4, 0.5) is 17.5 Å². The summed E-state index contributed by atoms with van der Waals surface area (Å²) in [4.78, 5) is 23.8. The summed E-state index contributed by atoms with van der Waals surface area (Å²) in [6.45, 7) is 14.4. The predicted molar refractivity (Wildman–Crippen MR) is 165 cm³/mol. The number of methoxy groups -OCH3 is 2. The fraction of sp³-hybridized carbons (Fsp3) is 0.759. The summed E-state index contributed by atoms with van der Waals surface area (Å²) < 4.78 is 16.3. The van der Waals surface area contributed by atoms with Gasteiger partial charge in [0.25, 0.3) is 0 Å². The van der Waals surface area contributed by atoms with E-state index >= 15 is 0 Å². The van der Waals surface area contributed by atoms with Crippen molar-refractivity contribution >= 4 is 29.1 Å². The van der Waals surface area contributed by atoms with Crippen molar-refractivity contribution in [2.24, 2.45) is 10.7 Å². The molecular formula is C29H52N8O4. The Morgan fingerprint density at radius 3 is 2.20 bits per heavy atom. The van der Waals surface area contributed by atoms with Gasteiger partial charge in [0.1, 0.15) is 11.4 Å². The van der Waals surface area contributed by atoms with Gasteiger partial charge in [0.2, 0.25) is 5.95 Å². The van der Waals surface area contributed by atoms with Crippen LogP contribution >= 0.6 is 0 Å². The minimum absolute atomic E-state index is 0.0182. The first-order chi connectivity index (χ1) is 20.0. The second-order valence-electron chi connectivity index (χ2n) is 10.4. The van der Waals surface area contributed by atoms with Crippen LogP contribution in [0.15, 0.2) is 11.6 Å². The van der Waals surface area contributed by atoms with Crippen molar-refractivity contribution in [1.29, 1.82) is 0 Å². The molecule has 12 heteroatoms. The Labute approximate surface area is 246 Å². The van der Waals surface area contributed by atoms with Crippen LogP contribution in [0.5, 0.6) is 0 Å². The Kier molecular flexibility index (Phi) is 14.4. The predicted octanol–water partition coefficient (Wildman–Crippen LogP) is 2.30. The molecule has 2 aliphatic heterocycles. The molecule has 0 bridgehead atoms. The maximum Gasteiger partial charge on any atom is 0.228 e. The summed E-state index contributed by atoms with van der Waals surface area (Å²) in [5.41, 5.74) is 8.86. The van der Waals surface area contributed by atoms with Crippen LogP contribution in [-0.4, -0.2) is 130 Å². The molecule has 0 saturated carbocycles. The Hall–Kier alpha value is -2.67. The third-order valence-corrected chi connectivity index (χ3v) is 7.56. The van der Waals surface area contributed by atoms with E-state index in [1.165, 1.54) is 12.8 Å². The molecule has 2 fully saturated rings. The largest absolute Gasteiger partial charge is 0.395 e. The van der Waals surface area contributed by atoms with Gasteiger partial charge in [-0.3, -0.25) is 0 Å². The molecule has 2 saturated heterocycles. The molecule has 0 amide bonds. The lowest BCUT2D eigenvalue weighted by atomic mass is 10.1. The highest BCUT2D eigenvalue weighted by Gasteiger charge is 2.27. The van der Waals surface area contributed by atoms with E-state index < -0.39 is 0 Å². The monoisotopic (exact) mass is 576 g/mol. The molecule has 3 N–H and O–H groups in total. The number of hydrogen-bond acceptors (Lipinski definition) is 10. The topological polar surface area (TPSA) is 125 Å². The number of nitrogens with zero attached hydrogens (tertiary/aromatic N) is 7. The van der Waals surface area contributed by atoms with Gasteiger partial charge < -0.3 is 44.7 Å². The molecule has 3 rings (SSSR count). The summed E-state index contributed by atoms with van der Waals surface area (Å²) in [5.74, 6) is 1.66. The second-order valence-corrected chi connectivity index (χ2v) is 10.4. The fourth-order valence-electron chi connectivity index (χ4n) is 5.20. The molecule has 0 unspecified atom stereocenters. The third-order valence-electron chi connectivity index (χ3n) is 7.56. The van der Waals surface area contributed by atoms with Gasteiger partial charge in [-0.25, -0.2) is 9.98 Å². The number of aromatic nitrogens is 2. The van der Waals surface area contributed by atoms with Crippen molar-refractivity contribution in [2.75, 3.05) is 109 Å². The number of aliphatic hydroxyl groups is 1. The van der Waals surface area contributed by atoms with E-state index in [1.54, 1.807) is 14.2 Å². The summed E-state index contributed by atoms with van der Waals surface area (Å²) in [6.07, 6.45) is 6.80. The van der Waals surface area contributed by atoms with Crippen LogP contribution in [0.25, 0.3) is 5.70 Å². The lowest BCUT2D eigenvalue weighted by Gasteiger charge is -2.34. The number of likely N-dealkylation sites (tertiary alicyclic amines) is 1. The number of rotatable bonds is 17. The van der Waals surface area contributed by atoms with E-state index in [9.17, 15) is 5.11 Å². The summed E-state index contributed by atoms with van der Waals surface area (Å²) in [5, 5.41) is 9.85. The summed E-state index contributed by atoms with van der Waals surface area (Å²) in [7, 11) is 3.35. The van der Waals surface area contributed by atoms with E-state index in [1.807, 2.05) is 16.7 Å². The molecule has 0 spiro atoms. The average Bonchev–Trinajstić information content (AvgIpc) is 3.01. The number of anilines is 2. The lowest BCUT2D eigenvalue weighted by molar-refractivity contribution is 0.119. The number of piperidine rings is 2. The first-order valence-electron chi connectivity index (χ1n) is 15.2. The van der Waals surface area contributed by atoms with Gasteiger partial charge in [0.05, 0.1) is 32.1 Å². The molecule has 0 aromatic carbocycles. The smallest absolute Gasteiger partial charge is 0.228 e. The zero-order valence-electron chi connectivity index (χ0n) is 25.5. The Balaban J connectivity index is 2.16. The van der Waals surface area contributed by atoms with Crippen LogP contribution in [0, 0.1) is 0 Å². The van der Waals surface area contributed by atoms with E-state index in [4.69, 9.17) is 34.9 Å². The molecule has 0 atom stereocenters. The number of guanidine groups is 1. The van der Waals surface area contributed by atoms with Gasteiger partial charge in [-0.15, -0.1) is 0 Å². The molecule has 2 aliphatic rings. The van der Waals surface area contributed by atoms with Crippen LogP contribution in [0.1, 0.15) is 51.1 Å². The van der Waals surface area contributed by atoms with Crippen molar-refractivity contribution in [3.8, 4) is 0 Å². The molecule has 1 aromatic rings. The Morgan fingerprint density at radius 2 is 1.56 bits per heavy atom. The Morgan fingerprint density at radius 1 is 0.927 bits per heavy atom. The Bertz CT molecular complexity index is 951. The van der Waals surface area contributed by atoms with Gasteiger partial charge in [-0.05, 0) is 45.4 Å². The quantitative estimate of drug-likeness (QED) is 0.161. The molecule has 41 heavy (non-hydrogen) atoms. The van der Waals surface area contributed by atoms with Gasteiger partial charge in [-0.1, -0.05) is 6.58 Å². The maximum absolute atomic E-state index is 9.85.